The van der Waals surface area contributed by atoms with E-state index in [1.807, 2.05) is 16.7 Å². The Bertz CT molecular complexity index is 1150. The quantitative estimate of drug-likeness (QED) is 0.274. The van der Waals surface area contributed by atoms with Gasteiger partial charge in [0.1, 0.15) is 5.00 Å². The highest BCUT2D eigenvalue weighted by molar-refractivity contribution is 9.10. The summed E-state index contributed by atoms with van der Waals surface area (Å²) >= 11 is 6.11. The third-order valence-corrected chi connectivity index (χ3v) is 7.79. The highest BCUT2D eigenvalue weighted by Gasteiger charge is 2.27. The van der Waals surface area contributed by atoms with Gasteiger partial charge in [0, 0.05) is 11.4 Å². The van der Waals surface area contributed by atoms with Crippen molar-refractivity contribution in [1.82, 2.24) is 14.8 Å². The molecule has 0 saturated heterocycles. The van der Waals surface area contributed by atoms with Crippen molar-refractivity contribution in [2.75, 3.05) is 17.7 Å². The zero-order valence-electron chi connectivity index (χ0n) is 18.5. The predicted molar refractivity (Wildman–Crippen MR) is 132 cm³/mol. The summed E-state index contributed by atoms with van der Waals surface area (Å²) in [7, 11) is 0. The van der Waals surface area contributed by atoms with Gasteiger partial charge in [-0.25, -0.2) is 4.79 Å². The molecule has 0 bridgehead atoms. The second kappa shape index (κ2) is 10.9. The lowest BCUT2D eigenvalue weighted by molar-refractivity contribution is -0.113. The summed E-state index contributed by atoms with van der Waals surface area (Å²) in [6.45, 7) is 4.86. The molecule has 3 aromatic rings. The van der Waals surface area contributed by atoms with E-state index in [0.29, 0.717) is 45.1 Å². The summed E-state index contributed by atoms with van der Waals surface area (Å²) in [6, 6.07) is 3.64. The number of aromatic nitrogens is 3. The van der Waals surface area contributed by atoms with E-state index in [9.17, 15) is 9.59 Å². The Balaban J connectivity index is 1.49. The van der Waals surface area contributed by atoms with Crippen LogP contribution in [0.25, 0.3) is 11.6 Å². The number of fused-ring (bicyclic) bond motifs is 1. The van der Waals surface area contributed by atoms with Gasteiger partial charge in [0.15, 0.2) is 15.6 Å². The van der Waals surface area contributed by atoms with Gasteiger partial charge in [-0.2, -0.15) is 0 Å². The first kappa shape index (κ1) is 24.0. The van der Waals surface area contributed by atoms with Gasteiger partial charge in [-0.3, -0.25) is 9.36 Å². The molecule has 0 aliphatic heterocycles. The van der Waals surface area contributed by atoms with E-state index in [-0.39, 0.29) is 17.6 Å². The first-order valence-corrected chi connectivity index (χ1v) is 13.5. The Morgan fingerprint density at radius 2 is 2.09 bits per heavy atom. The smallest absolute Gasteiger partial charge is 0.341 e. The van der Waals surface area contributed by atoms with Gasteiger partial charge in [0.2, 0.25) is 11.7 Å². The van der Waals surface area contributed by atoms with E-state index in [0.717, 1.165) is 37.7 Å². The average Bonchev–Trinajstić information content (AvgIpc) is 3.49. The van der Waals surface area contributed by atoms with Crippen LogP contribution in [0.15, 0.2) is 26.4 Å². The maximum Gasteiger partial charge on any atom is 0.341 e. The molecule has 1 aliphatic rings. The molecule has 0 unspecified atom stereocenters. The van der Waals surface area contributed by atoms with Crippen LogP contribution < -0.4 is 5.32 Å². The molecule has 8 nitrogen and oxygen atoms in total. The maximum absolute atomic E-state index is 12.8. The third kappa shape index (κ3) is 5.36. The molecular formula is C22H25BrN4O4S2. The van der Waals surface area contributed by atoms with Gasteiger partial charge in [-0.05, 0) is 72.7 Å². The molecular weight excluding hydrogens is 528 g/mol. The standard InChI is InChI=1S/C22H25BrN4O4S2/c1-3-11-27-19(14-9-10-16(23)31-14)25-26-22(27)32-12-17(28)24-20-18(21(29)30-4-2)13-7-5-6-8-15(13)33-20/h9-10H,3-8,11-12H2,1-2H3,(H,24,28). The van der Waals surface area contributed by atoms with Gasteiger partial charge >= 0.3 is 5.97 Å². The van der Waals surface area contributed by atoms with Crippen molar-refractivity contribution in [3.8, 4) is 11.6 Å². The van der Waals surface area contributed by atoms with E-state index < -0.39 is 0 Å². The van der Waals surface area contributed by atoms with Crippen molar-refractivity contribution in [3.05, 3.63) is 32.8 Å². The summed E-state index contributed by atoms with van der Waals surface area (Å²) in [4.78, 5) is 26.6. The van der Waals surface area contributed by atoms with Crippen molar-refractivity contribution in [2.45, 2.75) is 57.7 Å². The van der Waals surface area contributed by atoms with E-state index in [4.69, 9.17) is 9.15 Å². The van der Waals surface area contributed by atoms with Crippen molar-refractivity contribution in [2.24, 2.45) is 0 Å². The Morgan fingerprint density at radius 1 is 1.27 bits per heavy atom. The first-order valence-electron chi connectivity index (χ1n) is 10.9. The number of nitrogens with one attached hydrogen (secondary N) is 1. The van der Waals surface area contributed by atoms with Crippen LogP contribution in [0.2, 0.25) is 0 Å². The molecule has 1 N–H and O–H groups in total. The van der Waals surface area contributed by atoms with Crippen LogP contribution in [-0.4, -0.2) is 39.0 Å². The summed E-state index contributed by atoms with van der Waals surface area (Å²) in [6.07, 6.45) is 4.80. The number of carbonyl (C=O) groups excluding carboxylic acids is 2. The minimum absolute atomic E-state index is 0.147. The van der Waals surface area contributed by atoms with Crippen molar-refractivity contribution >= 4 is 55.9 Å². The number of ether oxygens (including phenoxy) is 1. The van der Waals surface area contributed by atoms with Crippen LogP contribution in [0.5, 0.6) is 0 Å². The molecule has 4 rings (SSSR count). The fourth-order valence-corrected chi connectivity index (χ4v) is 6.17. The van der Waals surface area contributed by atoms with Crippen molar-refractivity contribution in [3.63, 3.8) is 0 Å². The number of carbonyl (C=O) groups is 2. The second-order valence-corrected chi connectivity index (χ2v) is 10.4. The minimum atomic E-state index is -0.364. The molecule has 176 valence electrons. The number of rotatable bonds is 9. The van der Waals surface area contributed by atoms with Gasteiger partial charge in [-0.1, -0.05) is 18.7 Å². The number of esters is 1. The molecule has 0 aromatic carbocycles. The number of thioether (sulfide) groups is 1. The monoisotopic (exact) mass is 552 g/mol. The normalized spacial score (nSPS) is 13.1. The van der Waals surface area contributed by atoms with E-state index in [1.54, 1.807) is 6.92 Å². The molecule has 1 aliphatic carbocycles. The molecule has 0 atom stereocenters. The van der Waals surface area contributed by atoms with Gasteiger partial charge < -0.3 is 14.5 Å². The topological polar surface area (TPSA) is 99.2 Å². The van der Waals surface area contributed by atoms with Crippen LogP contribution in [0.1, 0.15) is 53.9 Å². The molecule has 1 amide bonds. The lowest BCUT2D eigenvalue weighted by Gasteiger charge is -2.12. The Kier molecular flexibility index (Phi) is 7.92. The zero-order valence-corrected chi connectivity index (χ0v) is 21.7. The zero-order chi connectivity index (χ0) is 23.4. The molecule has 33 heavy (non-hydrogen) atoms. The third-order valence-electron chi connectivity index (χ3n) is 5.19. The number of nitrogens with zero attached hydrogens (tertiary/aromatic N) is 3. The highest BCUT2D eigenvalue weighted by Crippen LogP contribution is 2.39. The fraction of sp³-hybridized carbons (Fsp3) is 0.455. The molecule has 0 fully saturated rings. The first-order chi connectivity index (χ1) is 16.0. The molecule has 0 spiro atoms. The summed E-state index contributed by atoms with van der Waals surface area (Å²) in [5, 5.41) is 12.7. The number of hydrogen-bond acceptors (Lipinski definition) is 8. The largest absolute Gasteiger partial charge is 0.462 e. The maximum atomic E-state index is 12.8. The predicted octanol–water partition coefficient (Wildman–Crippen LogP) is 5.56. The minimum Gasteiger partial charge on any atom is -0.462 e. The van der Waals surface area contributed by atoms with Crippen LogP contribution in [-0.2, 0) is 28.9 Å². The number of furan rings is 1. The number of anilines is 1. The highest BCUT2D eigenvalue weighted by atomic mass is 79.9. The number of halogens is 1. The van der Waals surface area contributed by atoms with Crippen LogP contribution in [0, 0.1) is 0 Å². The average molecular weight is 554 g/mol. The van der Waals surface area contributed by atoms with Gasteiger partial charge in [-0.15, -0.1) is 21.5 Å². The lowest BCUT2D eigenvalue weighted by Crippen LogP contribution is -2.17. The van der Waals surface area contributed by atoms with Crippen LogP contribution in [0.3, 0.4) is 0 Å². The SMILES string of the molecule is CCCn1c(SCC(=O)Nc2sc3c(c2C(=O)OCC)CCCC3)nnc1-c1ccc(Br)o1. The lowest BCUT2D eigenvalue weighted by atomic mass is 9.95. The molecule has 3 heterocycles. The molecule has 3 aromatic heterocycles. The molecule has 11 heteroatoms. The van der Waals surface area contributed by atoms with E-state index >= 15 is 0 Å². The van der Waals surface area contributed by atoms with Gasteiger partial charge in [0.05, 0.1) is 17.9 Å². The number of aryl methyl sites for hydroxylation is 1. The van der Waals surface area contributed by atoms with Crippen LogP contribution >= 0.6 is 39.0 Å². The Labute approximate surface area is 208 Å². The number of amides is 1. The van der Waals surface area contributed by atoms with E-state index in [2.05, 4.69) is 38.4 Å². The Morgan fingerprint density at radius 3 is 2.82 bits per heavy atom. The summed E-state index contributed by atoms with van der Waals surface area (Å²) in [5.74, 6) is 0.826. The number of hydrogen-bond donors (Lipinski definition) is 1. The van der Waals surface area contributed by atoms with Crippen molar-refractivity contribution < 1.29 is 18.7 Å². The Hall–Kier alpha value is -2.11. The fourth-order valence-electron chi connectivity index (χ4n) is 3.80. The van der Waals surface area contributed by atoms with Gasteiger partial charge in [0.25, 0.3) is 0 Å². The van der Waals surface area contributed by atoms with Crippen molar-refractivity contribution in [1.29, 1.82) is 0 Å². The second-order valence-electron chi connectivity index (χ2n) is 7.53. The summed E-state index contributed by atoms with van der Waals surface area (Å²) in [5.41, 5.74) is 1.55. The van der Waals surface area contributed by atoms with E-state index in [1.165, 1.54) is 28.0 Å². The number of thiophene rings is 1. The molecule has 0 saturated carbocycles. The molecule has 0 radical (unpaired) electrons. The van der Waals surface area contributed by atoms with Crippen LogP contribution in [0.4, 0.5) is 5.00 Å². The summed E-state index contributed by atoms with van der Waals surface area (Å²) < 4.78 is 13.5.